The van der Waals surface area contributed by atoms with Crippen LogP contribution in [0.15, 0.2) is 24.3 Å². The minimum atomic E-state index is -0.799. The highest BCUT2D eigenvalue weighted by Crippen LogP contribution is 2.12. The molecule has 5 nitrogen and oxygen atoms in total. The van der Waals surface area contributed by atoms with E-state index in [9.17, 15) is 14.0 Å². The van der Waals surface area contributed by atoms with Crippen molar-refractivity contribution < 1.29 is 18.7 Å². The van der Waals surface area contributed by atoms with E-state index in [1.165, 1.54) is 31.2 Å². The monoisotopic (exact) mass is 268 g/mol. The van der Waals surface area contributed by atoms with Crippen LogP contribution in [0.5, 0.6) is 5.75 Å². The molecule has 6 heteroatoms. The molecular formula is C13H17FN2O3. The van der Waals surface area contributed by atoms with Crippen molar-refractivity contribution >= 4 is 11.8 Å². The Bertz CT molecular complexity index is 434. The number of rotatable bonds is 5. The van der Waals surface area contributed by atoms with Crippen molar-refractivity contribution in [3.63, 3.8) is 0 Å². The van der Waals surface area contributed by atoms with Crippen LogP contribution in [0.1, 0.15) is 26.7 Å². The number of amides is 2. The molecule has 0 aliphatic heterocycles. The molecule has 1 rings (SSSR count). The van der Waals surface area contributed by atoms with Crippen LogP contribution in [0.4, 0.5) is 4.39 Å². The number of ether oxygens (including phenoxy) is 1. The maximum Gasteiger partial charge on any atom is 0.279 e. The molecule has 1 aromatic rings. The van der Waals surface area contributed by atoms with Crippen LogP contribution in [0.25, 0.3) is 0 Å². The van der Waals surface area contributed by atoms with E-state index < -0.39 is 12.0 Å². The number of benzene rings is 1. The standard InChI is InChI=1S/C13H17FN2O3/c1-3-4-12(17)15-16-13(18)9(2)19-11-7-5-10(14)6-8-11/h5-9H,3-4H2,1-2H3,(H,15,17)(H,16,18). The van der Waals surface area contributed by atoms with Crippen LogP contribution >= 0.6 is 0 Å². The predicted octanol–water partition coefficient (Wildman–Crippen LogP) is 1.54. The van der Waals surface area contributed by atoms with Gasteiger partial charge in [-0.3, -0.25) is 20.4 Å². The van der Waals surface area contributed by atoms with E-state index in [1.807, 2.05) is 6.92 Å². The van der Waals surface area contributed by atoms with Crippen LogP contribution < -0.4 is 15.6 Å². The summed E-state index contributed by atoms with van der Waals surface area (Å²) in [5, 5.41) is 0. The molecule has 0 aliphatic carbocycles. The van der Waals surface area contributed by atoms with Crippen LogP contribution in [-0.2, 0) is 9.59 Å². The van der Waals surface area contributed by atoms with Crippen molar-refractivity contribution in [3.8, 4) is 5.75 Å². The van der Waals surface area contributed by atoms with E-state index in [0.717, 1.165) is 0 Å². The molecule has 0 fully saturated rings. The average molecular weight is 268 g/mol. The lowest BCUT2D eigenvalue weighted by atomic mass is 10.3. The highest BCUT2D eigenvalue weighted by molar-refractivity contribution is 5.84. The first-order valence-corrected chi connectivity index (χ1v) is 6.04. The lowest BCUT2D eigenvalue weighted by Crippen LogP contribution is -2.47. The molecule has 19 heavy (non-hydrogen) atoms. The lowest BCUT2D eigenvalue weighted by Gasteiger charge is -2.15. The van der Waals surface area contributed by atoms with Crippen molar-refractivity contribution in [2.45, 2.75) is 32.8 Å². The van der Waals surface area contributed by atoms with Gasteiger partial charge in [0.15, 0.2) is 6.10 Å². The molecule has 2 N–H and O–H groups in total. The summed E-state index contributed by atoms with van der Waals surface area (Å²) in [7, 11) is 0. The smallest absolute Gasteiger partial charge is 0.279 e. The largest absolute Gasteiger partial charge is 0.481 e. The van der Waals surface area contributed by atoms with Crippen LogP contribution in [-0.4, -0.2) is 17.9 Å². The van der Waals surface area contributed by atoms with Crippen molar-refractivity contribution in [3.05, 3.63) is 30.1 Å². The summed E-state index contributed by atoms with van der Waals surface area (Å²) in [5.74, 6) is -0.737. The number of halogens is 1. The molecule has 0 heterocycles. The van der Waals surface area contributed by atoms with Crippen molar-refractivity contribution in [1.82, 2.24) is 10.9 Å². The fourth-order valence-electron chi connectivity index (χ4n) is 1.29. The Morgan fingerprint density at radius 2 is 1.89 bits per heavy atom. The summed E-state index contributed by atoms with van der Waals surface area (Å²) >= 11 is 0. The molecule has 1 atom stereocenters. The highest BCUT2D eigenvalue weighted by Gasteiger charge is 2.15. The molecule has 0 radical (unpaired) electrons. The molecule has 0 bridgehead atoms. The van der Waals surface area contributed by atoms with Gasteiger partial charge < -0.3 is 4.74 Å². The van der Waals surface area contributed by atoms with E-state index >= 15 is 0 Å². The number of hydrogen-bond donors (Lipinski definition) is 2. The van der Waals surface area contributed by atoms with E-state index in [4.69, 9.17) is 4.74 Å². The van der Waals surface area contributed by atoms with Gasteiger partial charge in [-0.25, -0.2) is 4.39 Å². The van der Waals surface area contributed by atoms with Crippen LogP contribution in [0, 0.1) is 5.82 Å². The zero-order chi connectivity index (χ0) is 14.3. The summed E-state index contributed by atoms with van der Waals surface area (Å²) in [6.07, 6.45) is 0.240. The third-order valence-electron chi connectivity index (χ3n) is 2.30. The summed E-state index contributed by atoms with van der Waals surface area (Å²) in [6.45, 7) is 3.40. The van der Waals surface area contributed by atoms with Crippen LogP contribution in [0.3, 0.4) is 0 Å². The molecule has 1 aromatic carbocycles. The Morgan fingerprint density at radius 3 is 2.47 bits per heavy atom. The molecule has 2 amide bonds. The molecule has 1 unspecified atom stereocenters. The van der Waals surface area contributed by atoms with E-state index in [-0.39, 0.29) is 11.7 Å². The lowest BCUT2D eigenvalue weighted by molar-refractivity contribution is -0.132. The first-order chi connectivity index (χ1) is 9.02. The molecule has 0 spiro atoms. The number of nitrogens with one attached hydrogen (secondary N) is 2. The van der Waals surface area contributed by atoms with Crippen molar-refractivity contribution in [2.75, 3.05) is 0 Å². The second-order valence-corrected chi connectivity index (χ2v) is 4.00. The topological polar surface area (TPSA) is 67.4 Å². The van der Waals surface area contributed by atoms with Crippen molar-refractivity contribution in [2.24, 2.45) is 0 Å². The first-order valence-electron chi connectivity index (χ1n) is 6.04. The van der Waals surface area contributed by atoms with E-state index in [2.05, 4.69) is 10.9 Å². The fourth-order valence-corrected chi connectivity index (χ4v) is 1.29. The zero-order valence-corrected chi connectivity index (χ0v) is 10.9. The first kappa shape index (κ1) is 14.9. The van der Waals surface area contributed by atoms with Gasteiger partial charge in [-0.1, -0.05) is 6.92 Å². The Labute approximate surface area is 111 Å². The van der Waals surface area contributed by atoms with Crippen molar-refractivity contribution in [1.29, 1.82) is 0 Å². The second kappa shape index (κ2) is 7.35. The number of carbonyl (C=O) groups is 2. The Morgan fingerprint density at radius 1 is 1.26 bits per heavy atom. The SMILES string of the molecule is CCCC(=O)NNC(=O)C(C)Oc1ccc(F)cc1. The van der Waals surface area contributed by atoms with Gasteiger partial charge in [-0.2, -0.15) is 0 Å². The Hall–Kier alpha value is -2.11. The van der Waals surface area contributed by atoms with E-state index in [0.29, 0.717) is 18.6 Å². The number of hydrogen-bond acceptors (Lipinski definition) is 3. The van der Waals surface area contributed by atoms with Gasteiger partial charge in [0.1, 0.15) is 11.6 Å². The second-order valence-electron chi connectivity index (χ2n) is 4.00. The number of carbonyl (C=O) groups excluding carboxylic acids is 2. The maximum absolute atomic E-state index is 12.7. The third kappa shape index (κ3) is 5.37. The molecule has 0 aliphatic rings. The van der Waals surface area contributed by atoms with Crippen LogP contribution in [0.2, 0.25) is 0 Å². The zero-order valence-electron chi connectivity index (χ0n) is 10.9. The Kier molecular flexibility index (Phi) is 5.78. The highest BCUT2D eigenvalue weighted by atomic mass is 19.1. The van der Waals surface area contributed by atoms with Gasteiger partial charge in [0.2, 0.25) is 5.91 Å². The number of hydrazine groups is 1. The minimum Gasteiger partial charge on any atom is -0.481 e. The molecule has 0 aromatic heterocycles. The maximum atomic E-state index is 12.7. The normalized spacial score (nSPS) is 11.5. The van der Waals surface area contributed by atoms with Gasteiger partial charge in [-0.15, -0.1) is 0 Å². The molecule has 104 valence electrons. The molecule has 0 saturated carbocycles. The fraction of sp³-hybridized carbons (Fsp3) is 0.385. The van der Waals surface area contributed by atoms with E-state index in [1.54, 1.807) is 0 Å². The quantitative estimate of drug-likeness (QED) is 0.796. The third-order valence-corrected chi connectivity index (χ3v) is 2.30. The Balaban J connectivity index is 2.40. The summed E-state index contributed by atoms with van der Waals surface area (Å²) in [4.78, 5) is 22.8. The summed E-state index contributed by atoms with van der Waals surface area (Å²) in [6, 6.07) is 5.33. The molecular weight excluding hydrogens is 251 g/mol. The summed E-state index contributed by atoms with van der Waals surface area (Å²) < 4.78 is 18.0. The predicted molar refractivity (Wildman–Crippen MR) is 67.7 cm³/mol. The minimum absolute atomic E-state index is 0.259. The van der Waals surface area contributed by atoms with Gasteiger partial charge in [0.05, 0.1) is 0 Å². The summed E-state index contributed by atoms with van der Waals surface area (Å²) in [5.41, 5.74) is 4.54. The van der Waals surface area contributed by atoms with Gasteiger partial charge >= 0.3 is 0 Å². The van der Waals surface area contributed by atoms with Gasteiger partial charge in [-0.05, 0) is 37.6 Å². The van der Waals surface area contributed by atoms with Gasteiger partial charge in [0, 0.05) is 6.42 Å². The van der Waals surface area contributed by atoms with Gasteiger partial charge in [0.25, 0.3) is 5.91 Å². The average Bonchev–Trinajstić information content (AvgIpc) is 2.39. The molecule has 0 saturated heterocycles.